The van der Waals surface area contributed by atoms with Gasteiger partial charge < -0.3 is 4.74 Å². The largest absolute Gasteiger partial charge is 0.495 e. The van der Waals surface area contributed by atoms with E-state index < -0.39 is 8.07 Å². The van der Waals surface area contributed by atoms with Crippen LogP contribution in [0.4, 0.5) is 0 Å². The highest BCUT2D eigenvalue weighted by Crippen LogP contribution is 2.06. The van der Waals surface area contributed by atoms with Crippen LogP contribution in [0, 0.1) is 0 Å². The smallest absolute Gasteiger partial charge is 0.137 e. The van der Waals surface area contributed by atoms with Crippen molar-refractivity contribution >= 4 is 13.4 Å². The van der Waals surface area contributed by atoms with Gasteiger partial charge in [0.05, 0.1) is 13.3 Å². The third kappa shape index (κ3) is 2.07. The van der Waals surface area contributed by atoms with Gasteiger partial charge in [0.15, 0.2) is 0 Å². The Balaban J connectivity index is 2.93. The van der Waals surface area contributed by atoms with Crippen molar-refractivity contribution in [2.45, 2.75) is 19.6 Å². The molecule has 0 aromatic carbocycles. The summed E-state index contributed by atoms with van der Waals surface area (Å²) in [6, 6.07) is 4.03. The van der Waals surface area contributed by atoms with Gasteiger partial charge in [0.2, 0.25) is 0 Å². The van der Waals surface area contributed by atoms with Crippen molar-refractivity contribution in [1.82, 2.24) is 4.98 Å². The van der Waals surface area contributed by atoms with Crippen LogP contribution >= 0.6 is 0 Å². The number of methoxy groups -OCH3 is 1. The topological polar surface area (TPSA) is 22.1 Å². The van der Waals surface area contributed by atoms with E-state index >= 15 is 0 Å². The van der Waals surface area contributed by atoms with Gasteiger partial charge in [-0.15, -0.1) is 0 Å². The van der Waals surface area contributed by atoms with Crippen molar-refractivity contribution in [2.75, 3.05) is 7.11 Å². The van der Waals surface area contributed by atoms with Gasteiger partial charge in [-0.1, -0.05) is 19.6 Å². The number of rotatable bonds is 2. The highest BCUT2D eigenvalue weighted by atomic mass is 28.3. The molecule has 2 nitrogen and oxygen atoms in total. The third-order valence-electron chi connectivity index (χ3n) is 1.74. The van der Waals surface area contributed by atoms with E-state index in [4.69, 9.17) is 4.74 Å². The quantitative estimate of drug-likeness (QED) is 0.647. The van der Waals surface area contributed by atoms with E-state index in [0.29, 0.717) is 0 Å². The van der Waals surface area contributed by atoms with E-state index in [9.17, 15) is 0 Å². The number of hydrogen-bond acceptors (Lipinski definition) is 2. The Kier molecular flexibility index (Phi) is 2.52. The lowest BCUT2D eigenvalue weighted by molar-refractivity contribution is 0.413. The minimum Gasteiger partial charge on any atom is -0.495 e. The Morgan fingerprint density at radius 3 is 2.25 bits per heavy atom. The Morgan fingerprint density at radius 2 is 1.92 bits per heavy atom. The van der Waals surface area contributed by atoms with Crippen LogP contribution in [0.2, 0.25) is 19.6 Å². The maximum Gasteiger partial charge on any atom is 0.137 e. The zero-order valence-corrected chi connectivity index (χ0v) is 9.09. The molecule has 0 fully saturated rings. The molecule has 0 saturated heterocycles. The molecule has 1 rings (SSSR count). The molecule has 0 aliphatic heterocycles. The molecule has 12 heavy (non-hydrogen) atoms. The van der Waals surface area contributed by atoms with E-state index in [0.717, 1.165) is 5.75 Å². The first kappa shape index (κ1) is 9.26. The Morgan fingerprint density at radius 1 is 1.25 bits per heavy atom. The zero-order chi connectivity index (χ0) is 9.19. The molecule has 1 aromatic rings. The van der Waals surface area contributed by atoms with E-state index in [-0.39, 0.29) is 0 Å². The average molecular weight is 181 g/mol. The summed E-state index contributed by atoms with van der Waals surface area (Å²) in [6.45, 7) is 6.84. The maximum atomic E-state index is 5.03. The summed E-state index contributed by atoms with van der Waals surface area (Å²) < 4.78 is 5.03. The first-order valence-electron chi connectivity index (χ1n) is 4.04. The molecule has 0 bridgehead atoms. The minimum absolute atomic E-state index is 0.831. The molecule has 1 aromatic heterocycles. The molecule has 0 N–H and O–H groups in total. The van der Waals surface area contributed by atoms with Crippen LogP contribution in [0.25, 0.3) is 0 Å². The second-order valence-electron chi connectivity index (χ2n) is 3.83. The summed E-state index contributed by atoms with van der Waals surface area (Å²) in [5.74, 6) is 0.831. The number of aromatic nitrogens is 1. The number of hydrogen-bond donors (Lipinski definition) is 0. The van der Waals surface area contributed by atoms with Crippen molar-refractivity contribution in [3.8, 4) is 5.75 Å². The van der Waals surface area contributed by atoms with Gasteiger partial charge in [0.1, 0.15) is 13.8 Å². The normalized spacial score (nSPS) is 11.3. The molecule has 0 aliphatic carbocycles. The molecule has 0 unspecified atom stereocenters. The van der Waals surface area contributed by atoms with Crippen LogP contribution in [0.5, 0.6) is 5.75 Å². The molecular formula is C9H15NOSi. The molecule has 0 spiro atoms. The molecule has 0 aliphatic rings. The predicted octanol–water partition coefficient (Wildman–Crippen LogP) is 1.64. The van der Waals surface area contributed by atoms with Crippen LogP contribution in [-0.4, -0.2) is 20.2 Å². The fourth-order valence-electron chi connectivity index (χ4n) is 0.945. The fourth-order valence-corrected chi connectivity index (χ4v) is 1.98. The molecule has 0 radical (unpaired) electrons. The van der Waals surface area contributed by atoms with Crippen LogP contribution in [0.1, 0.15) is 0 Å². The lowest BCUT2D eigenvalue weighted by Crippen LogP contribution is -2.39. The predicted molar refractivity (Wildman–Crippen MR) is 53.8 cm³/mol. The van der Waals surface area contributed by atoms with Crippen LogP contribution in [-0.2, 0) is 0 Å². The summed E-state index contributed by atoms with van der Waals surface area (Å²) in [5.41, 5.74) is 0. The van der Waals surface area contributed by atoms with Crippen LogP contribution in [0.3, 0.4) is 0 Å². The van der Waals surface area contributed by atoms with Gasteiger partial charge in [-0.25, -0.2) is 0 Å². The highest BCUT2D eigenvalue weighted by Gasteiger charge is 2.17. The van der Waals surface area contributed by atoms with Crippen LogP contribution in [0.15, 0.2) is 18.3 Å². The van der Waals surface area contributed by atoms with E-state index in [2.05, 4.69) is 30.7 Å². The van der Waals surface area contributed by atoms with Crippen molar-refractivity contribution in [2.24, 2.45) is 0 Å². The Hall–Kier alpha value is -0.833. The monoisotopic (exact) mass is 181 g/mol. The average Bonchev–Trinajstić information content (AvgIpc) is 2.03. The highest BCUT2D eigenvalue weighted by molar-refractivity contribution is 6.88. The SMILES string of the molecule is COc1ccc([Si](C)(C)C)nc1. The molecule has 0 atom stereocenters. The van der Waals surface area contributed by atoms with E-state index in [1.165, 1.54) is 5.32 Å². The van der Waals surface area contributed by atoms with E-state index in [1.54, 1.807) is 13.3 Å². The minimum atomic E-state index is -1.24. The summed E-state index contributed by atoms with van der Waals surface area (Å²) in [7, 11) is 0.422. The number of nitrogens with zero attached hydrogens (tertiary/aromatic N) is 1. The zero-order valence-electron chi connectivity index (χ0n) is 8.09. The Labute approximate surface area is 74.6 Å². The van der Waals surface area contributed by atoms with Crippen molar-refractivity contribution in [1.29, 1.82) is 0 Å². The van der Waals surface area contributed by atoms with Crippen molar-refractivity contribution in [3.63, 3.8) is 0 Å². The second-order valence-corrected chi connectivity index (χ2v) is 8.85. The summed E-state index contributed by atoms with van der Waals surface area (Å²) in [5, 5.41) is 1.23. The molecule has 66 valence electrons. The Bertz CT molecular complexity index is 250. The molecular weight excluding hydrogens is 166 g/mol. The first-order valence-corrected chi connectivity index (χ1v) is 7.54. The number of pyridine rings is 1. The van der Waals surface area contributed by atoms with Crippen molar-refractivity contribution in [3.05, 3.63) is 18.3 Å². The molecule has 0 saturated carbocycles. The molecule has 3 heteroatoms. The van der Waals surface area contributed by atoms with Gasteiger partial charge in [0, 0.05) is 5.32 Å². The van der Waals surface area contributed by atoms with Gasteiger partial charge >= 0.3 is 0 Å². The van der Waals surface area contributed by atoms with Gasteiger partial charge in [-0.05, 0) is 12.1 Å². The second kappa shape index (κ2) is 3.27. The van der Waals surface area contributed by atoms with Gasteiger partial charge in [-0.3, -0.25) is 4.98 Å². The first-order chi connectivity index (χ1) is 5.54. The standard InChI is InChI=1S/C9H15NOSi/c1-11-8-5-6-9(10-7-8)12(2,3)4/h5-7H,1-4H3. The third-order valence-corrected chi connectivity index (χ3v) is 3.57. The van der Waals surface area contributed by atoms with Gasteiger partial charge in [0.25, 0.3) is 0 Å². The maximum absolute atomic E-state index is 5.03. The molecule has 1 heterocycles. The summed E-state index contributed by atoms with van der Waals surface area (Å²) in [6.07, 6.45) is 1.79. The van der Waals surface area contributed by atoms with Crippen LogP contribution < -0.4 is 10.1 Å². The summed E-state index contributed by atoms with van der Waals surface area (Å²) in [4.78, 5) is 4.36. The lowest BCUT2D eigenvalue weighted by atomic mass is 10.5. The molecule has 0 amide bonds. The van der Waals surface area contributed by atoms with Gasteiger partial charge in [-0.2, -0.15) is 0 Å². The number of ether oxygens (including phenoxy) is 1. The fraction of sp³-hybridized carbons (Fsp3) is 0.444. The summed E-state index contributed by atoms with van der Waals surface area (Å²) >= 11 is 0. The van der Waals surface area contributed by atoms with E-state index in [1.807, 2.05) is 6.07 Å². The lowest BCUT2D eigenvalue weighted by Gasteiger charge is -2.14. The van der Waals surface area contributed by atoms with Crippen molar-refractivity contribution < 1.29 is 4.74 Å².